The van der Waals surface area contributed by atoms with E-state index in [4.69, 9.17) is 15.2 Å². The molecule has 0 saturated heterocycles. The summed E-state index contributed by atoms with van der Waals surface area (Å²) in [5, 5.41) is 3.49. The molecule has 2 aromatic carbocycles. The van der Waals surface area contributed by atoms with Crippen LogP contribution in [-0.2, 0) is 11.2 Å². The van der Waals surface area contributed by atoms with Crippen molar-refractivity contribution >= 4 is 17.6 Å². The average Bonchev–Trinajstić information content (AvgIpc) is 3.04. The van der Waals surface area contributed by atoms with Gasteiger partial charge in [0, 0.05) is 12.7 Å². The number of nitrogens with one attached hydrogen (secondary N) is 2. The zero-order chi connectivity index (χ0) is 18.3. The Kier molecular flexibility index (Phi) is 3.89. The van der Waals surface area contributed by atoms with E-state index in [1.807, 2.05) is 18.2 Å². The number of hydrogen-bond acceptors (Lipinski definition) is 6. The number of anilines is 1. The molecule has 2 heterocycles. The van der Waals surface area contributed by atoms with Crippen molar-refractivity contribution in [2.24, 2.45) is 0 Å². The van der Waals surface area contributed by atoms with Gasteiger partial charge in [0.2, 0.25) is 12.7 Å². The summed E-state index contributed by atoms with van der Waals surface area (Å²) < 4.78 is 10.9. The number of carbonyl (C=O) groups excluding carboxylic acids is 2. The van der Waals surface area contributed by atoms with Gasteiger partial charge in [-0.05, 0) is 41.0 Å². The van der Waals surface area contributed by atoms with Crippen LogP contribution in [-0.4, -0.2) is 30.8 Å². The molecule has 8 heteroatoms. The molecule has 134 valence electrons. The summed E-state index contributed by atoms with van der Waals surface area (Å²) in [6, 6.07) is 9.98. The number of hydrogen-bond donors (Lipinski definition) is 3. The normalized spacial score (nSPS) is 18.3. The molecule has 26 heavy (non-hydrogen) atoms. The lowest BCUT2D eigenvalue weighted by atomic mass is 9.93. The van der Waals surface area contributed by atoms with Crippen molar-refractivity contribution in [2.75, 3.05) is 19.6 Å². The highest BCUT2D eigenvalue weighted by molar-refractivity contribution is 5.95. The van der Waals surface area contributed by atoms with Crippen LogP contribution in [0.25, 0.3) is 0 Å². The number of carbonyl (C=O) groups is 2. The van der Waals surface area contributed by atoms with Gasteiger partial charge in [0.05, 0.1) is 12.5 Å². The lowest BCUT2D eigenvalue weighted by molar-refractivity contribution is -0.130. The first-order valence-corrected chi connectivity index (χ1v) is 8.15. The van der Waals surface area contributed by atoms with Crippen LogP contribution in [0.2, 0.25) is 0 Å². The Labute approximate surface area is 149 Å². The minimum atomic E-state index is -0.525. The number of nitrogens with two attached hydrogens (primary N) is 1. The second kappa shape index (κ2) is 6.23. The van der Waals surface area contributed by atoms with Gasteiger partial charge in [-0.2, -0.15) is 5.01 Å². The van der Waals surface area contributed by atoms with Crippen LogP contribution in [0.15, 0.2) is 36.4 Å². The first-order chi connectivity index (χ1) is 12.6. The highest BCUT2D eigenvalue weighted by Crippen LogP contribution is 2.39. The first kappa shape index (κ1) is 16.2. The summed E-state index contributed by atoms with van der Waals surface area (Å²) in [6.07, 6.45) is 0.0673. The van der Waals surface area contributed by atoms with Crippen LogP contribution in [0.5, 0.6) is 11.5 Å². The highest BCUT2D eigenvalue weighted by Gasteiger charge is 2.33. The summed E-state index contributed by atoms with van der Waals surface area (Å²) in [5.41, 5.74) is 11.9. The number of amides is 3. The lowest BCUT2D eigenvalue weighted by Crippen LogP contribution is -2.51. The van der Waals surface area contributed by atoms with Crippen LogP contribution in [0, 0.1) is 0 Å². The largest absolute Gasteiger partial charge is 0.454 e. The van der Waals surface area contributed by atoms with E-state index in [0.717, 1.165) is 21.7 Å². The van der Waals surface area contributed by atoms with Gasteiger partial charge in [-0.1, -0.05) is 12.1 Å². The van der Waals surface area contributed by atoms with Crippen LogP contribution in [0.1, 0.15) is 22.7 Å². The molecule has 0 fully saturated rings. The van der Waals surface area contributed by atoms with Gasteiger partial charge < -0.3 is 20.5 Å². The SMILES string of the molecule is CNC(=O)N1NC(c2ccc(N)cc2)c2cc3c(cc2CC1=O)OCO3. The number of rotatable bonds is 1. The minimum absolute atomic E-state index is 0.0673. The zero-order valence-electron chi connectivity index (χ0n) is 14.1. The maximum atomic E-state index is 12.6. The van der Waals surface area contributed by atoms with E-state index in [1.54, 1.807) is 18.2 Å². The highest BCUT2D eigenvalue weighted by atomic mass is 16.7. The molecule has 1 unspecified atom stereocenters. The fourth-order valence-electron chi connectivity index (χ4n) is 3.16. The van der Waals surface area contributed by atoms with Crippen molar-refractivity contribution in [2.45, 2.75) is 12.5 Å². The molecule has 2 aliphatic heterocycles. The van der Waals surface area contributed by atoms with E-state index in [1.165, 1.54) is 7.05 Å². The number of benzene rings is 2. The number of imide groups is 1. The van der Waals surface area contributed by atoms with Gasteiger partial charge >= 0.3 is 6.03 Å². The van der Waals surface area contributed by atoms with Gasteiger partial charge in [0.1, 0.15) is 0 Å². The third-order valence-corrected chi connectivity index (χ3v) is 4.48. The summed E-state index contributed by atoms with van der Waals surface area (Å²) in [4.78, 5) is 24.8. The van der Waals surface area contributed by atoms with Gasteiger partial charge in [-0.3, -0.25) is 4.79 Å². The molecule has 0 bridgehead atoms. The third kappa shape index (κ3) is 2.70. The molecule has 2 aliphatic rings. The van der Waals surface area contributed by atoms with Crippen LogP contribution in [0.3, 0.4) is 0 Å². The molecule has 0 radical (unpaired) electrons. The molecular weight excluding hydrogens is 336 g/mol. The molecule has 4 rings (SSSR count). The maximum Gasteiger partial charge on any atom is 0.338 e. The van der Waals surface area contributed by atoms with Crippen molar-refractivity contribution in [1.82, 2.24) is 15.8 Å². The van der Waals surface area contributed by atoms with Crippen molar-refractivity contribution in [3.05, 3.63) is 53.1 Å². The number of hydrazine groups is 1. The van der Waals surface area contributed by atoms with Crippen molar-refractivity contribution in [3.8, 4) is 11.5 Å². The average molecular weight is 354 g/mol. The molecular formula is C18H18N4O4. The Morgan fingerprint density at radius 2 is 1.92 bits per heavy atom. The predicted octanol–water partition coefficient (Wildman–Crippen LogP) is 1.32. The molecule has 0 spiro atoms. The number of nitrogens with zero attached hydrogens (tertiary/aromatic N) is 1. The molecule has 0 aromatic heterocycles. The van der Waals surface area contributed by atoms with Crippen molar-refractivity contribution in [3.63, 3.8) is 0 Å². The van der Waals surface area contributed by atoms with Gasteiger partial charge in [-0.15, -0.1) is 0 Å². The van der Waals surface area contributed by atoms with Crippen LogP contribution < -0.4 is 25.9 Å². The maximum absolute atomic E-state index is 12.6. The quantitative estimate of drug-likeness (QED) is 0.667. The van der Waals surface area contributed by atoms with Crippen LogP contribution in [0.4, 0.5) is 10.5 Å². The minimum Gasteiger partial charge on any atom is -0.454 e. The Morgan fingerprint density at radius 3 is 2.62 bits per heavy atom. The smallest absolute Gasteiger partial charge is 0.338 e. The van der Waals surface area contributed by atoms with E-state index < -0.39 is 12.1 Å². The molecule has 2 aromatic rings. The third-order valence-electron chi connectivity index (χ3n) is 4.48. The summed E-state index contributed by atoms with van der Waals surface area (Å²) >= 11 is 0. The molecule has 4 N–H and O–H groups in total. The fraction of sp³-hybridized carbons (Fsp3) is 0.222. The molecule has 0 saturated carbocycles. The molecule has 0 aliphatic carbocycles. The summed E-state index contributed by atoms with van der Waals surface area (Å²) in [6.45, 7) is 0.149. The predicted molar refractivity (Wildman–Crippen MR) is 93.4 cm³/mol. The monoisotopic (exact) mass is 354 g/mol. The molecule has 1 atom stereocenters. The number of ether oxygens (including phenoxy) is 2. The van der Waals surface area contributed by atoms with Gasteiger partial charge in [0.25, 0.3) is 0 Å². The molecule has 3 amide bonds. The number of urea groups is 1. The Hall–Kier alpha value is -3.26. The van der Waals surface area contributed by atoms with E-state index in [9.17, 15) is 9.59 Å². The molecule has 8 nitrogen and oxygen atoms in total. The van der Waals surface area contributed by atoms with Crippen molar-refractivity contribution < 1.29 is 19.1 Å². The Bertz CT molecular complexity index is 882. The Morgan fingerprint density at radius 1 is 1.23 bits per heavy atom. The van der Waals surface area contributed by atoms with Crippen molar-refractivity contribution in [1.29, 1.82) is 0 Å². The van der Waals surface area contributed by atoms with E-state index in [0.29, 0.717) is 17.2 Å². The van der Waals surface area contributed by atoms with E-state index in [-0.39, 0.29) is 19.1 Å². The fourth-order valence-corrected chi connectivity index (χ4v) is 3.16. The topological polar surface area (TPSA) is 106 Å². The second-order valence-electron chi connectivity index (χ2n) is 6.09. The standard InChI is InChI=1S/C18H18N4O4/c1-20-18(24)22-16(23)7-11-6-14-15(26-9-25-14)8-13(11)17(21-22)10-2-4-12(19)5-3-10/h2-6,8,17,21H,7,9,19H2,1H3,(H,20,24). The van der Waals surface area contributed by atoms with E-state index >= 15 is 0 Å². The van der Waals surface area contributed by atoms with Gasteiger partial charge in [-0.25, -0.2) is 10.2 Å². The number of fused-ring (bicyclic) bond motifs is 2. The first-order valence-electron chi connectivity index (χ1n) is 8.15. The van der Waals surface area contributed by atoms with Gasteiger partial charge in [0.15, 0.2) is 11.5 Å². The second-order valence-corrected chi connectivity index (χ2v) is 6.09. The van der Waals surface area contributed by atoms with E-state index in [2.05, 4.69) is 10.7 Å². The summed E-state index contributed by atoms with van der Waals surface area (Å²) in [7, 11) is 1.48. The Balaban J connectivity index is 1.84. The zero-order valence-corrected chi connectivity index (χ0v) is 14.1. The summed E-state index contributed by atoms with van der Waals surface area (Å²) in [5.74, 6) is 0.857. The van der Waals surface area contributed by atoms with Crippen LogP contribution >= 0.6 is 0 Å². The number of nitrogen functional groups attached to an aromatic ring is 1. The lowest BCUT2D eigenvalue weighted by Gasteiger charge is -2.25.